The fourth-order valence-electron chi connectivity index (χ4n) is 3.46. The van der Waals surface area contributed by atoms with E-state index < -0.39 is 29.7 Å². The number of hydrogen-bond donors (Lipinski definition) is 1. The van der Waals surface area contributed by atoms with Gasteiger partial charge in [-0.05, 0) is 47.4 Å². The standard InChI is InChI=1S/C21H28F3N3O3S2/c22-21(23,24)18(28)15-31-11-4-5-17(20(25)30)27(10-9-26-7-2-1-3-8-26)19(29)13-16-6-12-32-14-16/h6-7,12,14,17H,1-5,8-11,13,15H2,(H-,25,30)/p+1/t17-/m0/s1. The number of carbonyl (C=O) groups is 3. The predicted molar refractivity (Wildman–Crippen MR) is 120 cm³/mol. The Balaban J connectivity index is 1.98. The number of carbonyl (C=O) groups excluding carboxylic acids is 3. The lowest BCUT2D eigenvalue weighted by Gasteiger charge is -2.29. The molecule has 0 saturated heterocycles. The molecule has 0 aromatic carbocycles. The molecule has 1 aromatic heterocycles. The van der Waals surface area contributed by atoms with Crippen molar-refractivity contribution in [2.45, 2.75) is 50.7 Å². The Labute approximate surface area is 194 Å². The fraction of sp³-hybridized carbons (Fsp3) is 0.619. The van der Waals surface area contributed by atoms with Gasteiger partial charge in [0.2, 0.25) is 17.6 Å². The van der Waals surface area contributed by atoms with Gasteiger partial charge in [0, 0.05) is 12.8 Å². The van der Waals surface area contributed by atoms with E-state index in [1.165, 1.54) is 16.2 Å². The molecule has 0 spiro atoms. The Kier molecular flexibility index (Phi) is 10.7. The molecule has 0 radical (unpaired) electrons. The van der Waals surface area contributed by atoms with Gasteiger partial charge in [-0.1, -0.05) is 0 Å². The minimum absolute atomic E-state index is 0.159. The predicted octanol–water partition coefficient (Wildman–Crippen LogP) is 2.89. The number of Topliss-reactive ketones (excluding diaryl/α,β-unsaturated/α-hetero) is 1. The first kappa shape index (κ1) is 26.4. The molecule has 1 aromatic rings. The molecule has 32 heavy (non-hydrogen) atoms. The van der Waals surface area contributed by atoms with Crippen molar-refractivity contribution in [3.05, 3.63) is 22.4 Å². The van der Waals surface area contributed by atoms with Crippen molar-refractivity contribution < 1.29 is 32.1 Å². The van der Waals surface area contributed by atoms with Gasteiger partial charge in [-0.2, -0.15) is 36.3 Å². The van der Waals surface area contributed by atoms with Crippen LogP contribution in [-0.4, -0.2) is 76.6 Å². The first-order valence-corrected chi connectivity index (χ1v) is 12.6. The number of rotatable bonds is 13. The number of hydrogen-bond acceptors (Lipinski definition) is 5. The molecule has 6 nitrogen and oxygen atoms in total. The second-order valence-electron chi connectivity index (χ2n) is 7.64. The number of alkyl halides is 3. The molecule has 2 heterocycles. The number of ketones is 1. The Bertz CT molecular complexity index is 798. The van der Waals surface area contributed by atoms with E-state index in [2.05, 4.69) is 10.8 Å². The van der Waals surface area contributed by atoms with Crippen molar-refractivity contribution in [1.29, 1.82) is 0 Å². The van der Waals surface area contributed by atoms with Gasteiger partial charge < -0.3 is 10.6 Å². The highest BCUT2D eigenvalue weighted by molar-refractivity contribution is 7.99. The molecule has 1 aliphatic rings. The van der Waals surface area contributed by atoms with Crippen molar-refractivity contribution >= 4 is 46.9 Å². The Morgan fingerprint density at radius 1 is 1.28 bits per heavy atom. The zero-order chi connectivity index (χ0) is 23.6. The summed E-state index contributed by atoms with van der Waals surface area (Å²) in [5.74, 6) is -3.01. The summed E-state index contributed by atoms with van der Waals surface area (Å²) in [6, 6.07) is 1.01. The quantitative estimate of drug-likeness (QED) is 0.339. The van der Waals surface area contributed by atoms with Crippen molar-refractivity contribution in [3.8, 4) is 0 Å². The number of nitrogens with zero attached hydrogens (tertiary/aromatic N) is 2. The molecule has 1 atom stereocenters. The summed E-state index contributed by atoms with van der Waals surface area (Å²) in [4.78, 5) is 37.7. The number of thiophene rings is 1. The first-order chi connectivity index (χ1) is 15.2. The molecular formula is C21H29F3N3O3S2+. The van der Waals surface area contributed by atoms with Crippen LogP contribution in [-0.2, 0) is 20.8 Å². The Hall–Kier alpha value is -1.88. The molecule has 2 N–H and O–H groups in total. The zero-order valence-corrected chi connectivity index (χ0v) is 19.4. The van der Waals surface area contributed by atoms with Crippen molar-refractivity contribution in [2.24, 2.45) is 5.73 Å². The van der Waals surface area contributed by atoms with Gasteiger partial charge in [-0.25, -0.2) is 4.58 Å². The highest BCUT2D eigenvalue weighted by Gasteiger charge is 2.37. The minimum Gasteiger partial charge on any atom is -0.368 e. The monoisotopic (exact) mass is 492 g/mol. The fourth-order valence-corrected chi connectivity index (χ4v) is 5.00. The van der Waals surface area contributed by atoms with Gasteiger partial charge in [-0.3, -0.25) is 14.4 Å². The van der Waals surface area contributed by atoms with Crippen molar-refractivity contribution in [2.75, 3.05) is 31.1 Å². The van der Waals surface area contributed by atoms with Crippen LogP contribution in [0.5, 0.6) is 0 Å². The highest BCUT2D eigenvalue weighted by Crippen LogP contribution is 2.20. The maximum Gasteiger partial charge on any atom is 0.450 e. The van der Waals surface area contributed by atoms with Crippen LogP contribution >= 0.6 is 23.1 Å². The lowest BCUT2D eigenvalue weighted by atomic mass is 10.1. The van der Waals surface area contributed by atoms with E-state index in [0.29, 0.717) is 19.5 Å². The van der Waals surface area contributed by atoms with Crippen LogP contribution in [0.4, 0.5) is 13.2 Å². The van der Waals surface area contributed by atoms with Crippen LogP contribution in [0.1, 0.15) is 37.7 Å². The average Bonchev–Trinajstić information content (AvgIpc) is 3.24. The lowest BCUT2D eigenvalue weighted by Crippen LogP contribution is -2.50. The van der Waals surface area contributed by atoms with E-state index in [9.17, 15) is 27.6 Å². The third-order valence-corrected chi connectivity index (χ3v) is 6.97. The lowest BCUT2D eigenvalue weighted by molar-refractivity contribution is -0.528. The van der Waals surface area contributed by atoms with E-state index in [1.807, 2.05) is 16.8 Å². The number of primary amides is 1. The zero-order valence-electron chi connectivity index (χ0n) is 17.8. The third-order valence-electron chi connectivity index (χ3n) is 5.19. The molecule has 11 heteroatoms. The number of nitrogens with two attached hydrogens (primary N) is 1. The van der Waals surface area contributed by atoms with Gasteiger partial charge in [0.15, 0.2) is 6.54 Å². The molecule has 0 fully saturated rings. The second kappa shape index (κ2) is 13.0. The van der Waals surface area contributed by atoms with Crippen LogP contribution in [0.15, 0.2) is 16.8 Å². The molecule has 0 saturated carbocycles. The maximum atomic E-state index is 13.0. The van der Waals surface area contributed by atoms with E-state index in [1.54, 1.807) is 0 Å². The Morgan fingerprint density at radius 3 is 2.66 bits per heavy atom. The summed E-state index contributed by atoms with van der Waals surface area (Å²) in [5.41, 5.74) is 6.48. The first-order valence-electron chi connectivity index (χ1n) is 10.5. The summed E-state index contributed by atoms with van der Waals surface area (Å²) in [6.45, 7) is 1.83. The molecule has 178 valence electrons. The van der Waals surface area contributed by atoms with Gasteiger partial charge in [0.25, 0.3) is 0 Å². The third kappa shape index (κ3) is 8.93. The molecule has 1 aliphatic heterocycles. The second-order valence-corrected chi connectivity index (χ2v) is 9.53. The van der Waals surface area contributed by atoms with Gasteiger partial charge in [0.05, 0.1) is 18.7 Å². The molecular weight excluding hydrogens is 463 g/mol. The SMILES string of the molecule is NC(=O)[C@H](CCCSCC(=O)C(F)(F)F)N(CC[N+]1=CCCCC1)C(=O)Cc1ccsc1. The summed E-state index contributed by atoms with van der Waals surface area (Å²) in [5, 5.41) is 3.75. The smallest absolute Gasteiger partial charge is 0.368 e. The van der Waals surface area contributed by atoms with Crippen molar-refractivity contribution in [3.63, 3.8) is 0 Å². The number of amides is 2. The van der Waals surface area contributed by atoms with Gasteiger partial charge in [0.1, 0.15) is 18.8 Å². The van der Waals surface area contributed by atoms with Gasteiger partial charge >= 0.3 is 6.18 Å². The molecule has 0 bridgehead atoms. The Morgan fingerprint density at radius 2 is 2.06 bits per heavy atom. The van der Waals surface area contributed by atoms with Crippen LogP contribution in [0.2, 0.25) is 0 Å². The average molecular weight is 493 g/mol. The molecule has 2 rings (SSSR count). The largest absolute Gasteiger partial charge is 0.450 e. The van der Waals surface area contributed by atoms with E-state index in [4.69, 9.17) is 5.73 Å². The van der Waals surface area contributed by atoms with Crippen LogP contribution < -0.4 is 5.73 Å². The van der Waals surface area contributed by atoms with Crippen LogP contribution in [0, 0.1) is 0 Å². The summed E-state index contributed by atoms with van der Waals surface area (Å²) >= 11 is 2.35. The van der Waals surface area contributed by atoms with E-state index >= 15 is 0 Å². The normalized spacial score (nSPS) is 15.2. The molecule has 0 aliphatic carbocycles. The number of thioether (sulfide) groups is 1. The summed E-state index contributed by atoms with van der Waals surface area (Å²) < 4.78 is 39.1. The van der Waals surface area contributed by atoms with Crippen LogP contribution in [0.25, 0.3) is 0 Å². The van der Waals surface area contributed by atoms with E-state index in [-0.39, 0.29) is 24.5 Å². The number of halogens is 3. The maximum absolute atomic E-state index is 13.0. The topological polar surface area (TPSA) is 83.5 Å². The summed E-state index contributed by atoms with van der Waals surface area (Å²) in [6.07, 6.45) is 1.23. The summed E-state index contributed by atoms with van der Waals surface area (Å²) in [7, 11) is 0. The minimum atomic E-state index is -4.83. The highest BCUT2D eigenvalue weighted by atomic mass is 32.2. The molecule has 0 unspecified atom stereocenters. The van der Waals surface area contributed by atoms with E-state index in [0.717, 1.165) is 43.1 Å². The van der Waals surface area contributed by atoms with Gasteiger partial charge in [-0.15, -0.1) is 0 Å². The van der Waals surface area contributed by atoms with Crippen LogP contribution in [0.3, 0.4) is 0 Å². The van der Waals surface area contributed by atoms with Crippen molar-refractivity contribution in [1.82, 2.24) is 4.90 Å². The molecule has 2 amide bonds.